The van der Waals surface area contributed by atoms with Gasteiger partial charge in [0.25, 0.3) is 0 Å². The average molecular weight is 276 g/mol. The maximum Gasteiger partial charge on any atom is 0.242 e. The van der Waals surface area contributed by atoms with Crippen molar-refractivity contribution in [2.75, 3.05) is 26.2 Å². The fraction of sp³-hybridized carbons (Fsp3) is 0.562. The van der Waals surface area contributed by atoms with Crippen LogP contribution in [0.15, 0.2) is 30.3 Å². The summed E-state index contributed by atoms with van der Waals surface area (Å²) in [4.78, 5) is 14.5. The number of nitrogens with zero attached hydrogens (tertiary/aromatic N) is 1. The summed E-state index contributed by atoms with van der Waals surface area (Å²) in [6, 6.07) is 10.1. The zero-order valence-electron chi connectivity index (χ0n) is 12.3. The van der Waals surface area contributed by atoms with Crippen LogP contribution in [0.5, 0.6) is 0 Å². The summed E-state index contributed by atoms with van der Waals surface area (Å²) < 4.78 is 5.56. The number of rotatable bonds is 5. The highest BCUT2D eigenvalue weighted by Gasteiger charge is 2.31. The van der Waals surface area contributed by atoms with Gasteiger partial charge in [-0.05, 0) is 25.8 Å². The van der Waals surface area contributed by atoms with Gasteiger partial charge in [0.1, 0.15) is 6.04 Å². The first-order chi connectivity index (χ1) is 9.72. The van der Waals surface area contributed by atoms with E-state index in [0.717, 1.165) is 26.1 Å². The van der Waals surface area contributed by atoms with Crippen LogP contribution in [-0.2, 0) is 16.0 Å². The SMILES string of the molecule is CCN(CCc1ccccc1)C(=O)[C@H]1NCCO[C@@H]1C. The molecule has 4 nitrogen and oxygen atoms in total. The van der Waals surface area contributed by atoms with Crippen LogP contribution in [0.1, 0.15) is 19.4 Å². The first-order valence-corrected chi connectivity index (χ1v) is 7.40. The third kappa shape index (κ3) is 3.81. The molecule has 2 atom stereocenters. The second kappa shape index (κ2) is 7.41. The molecule has 1 amide bonds. The van der Waals surface area contributed by atoms with E-state index in [-0.39, 0.29) is 18.1 Å². The second-order valence-electron chi connectivity index (χ2n) is 5.16. The smallest absolute Gasteiger partial charge is 0.242 e. The van der Waals surface area contributed by atoms with E-state index in [1.807, 2.05) is 36.9 Å². The third-order valence-corrected chi connectivity index (χ3v) is 3.79. The topological polar surface area (TPSA) is 41.6 Å². The number of hydrogen-bond acceptors (Lipinski definition) is 3. The molecule has 4 heteroatoms. The summed E-state index contributed by atoms with van der Waals surface area (Å²) in [6.45, 7) is 6.90. The molecule has 0 saturated carbocycles. The van der Waals surface area contributed by atoms with Crippen molar-refractivity contribution in [1.29, 1.82) is 0 Å². The lowest BCUT2D eigenvalue weighted by molar-refractivity contribution is -0.139. The second-order valence-corrected chi connectivity index (χ2v) is 5.16. The highest BCUT2D eigenvalue weighted by atomic mass is 16.5. The molecule has 0 aromatic heterocycles. The largest absolute Gasteiger partial charge is 0.375 e. The molecule has 0 radical (unpaired) electrons. The average Bonchev–Trinajstić information content (AvgIpc) is 2.49. The van der Waals surface area contributed by atoms with Crippen molar-refractivity contribution < 1.29 is 9.53 Å². The summed E-state index contributed by atoms with van der Waals surface area (Å²) in [7, 11) is 0. The molecule has 1 aliphatic rings. The molecule has 0 aliphatic carbocycles. The number of amides is 1. The molecule has 20 heavy (non-hydrogen) atoms. The van der Waals surface area contributed by atoms with Crippen molar-refractivity contribution in [3.8, 4) is 0 Å². The van der Waals surface area contributed by atoms with Crippen LogP contribution in [0, 0.1) is 0 Å². The predicted octanol–water partition coefficient (Wildman–Crippen LogP) is 1.45. The lowest BCUT2D eigenvalue weighted by atomic mass is 10.1. The Morgan fingerprint density at radius 1 is 1.40 bits per heavy atom. The van der Waals surface area contributed by atoms with Crippen molar-refractivity contribution in [3.05, 3.63) is 35.9 Å². The van der Waals surface area contributed by atoms with Crippen LogP contribution in [-0.4, -0.2) is 49.2 Å². The zero-order chi connectivity index (χ0) is 14.4. The maximum atomic E-state index is 12.5. The van der Waals surface area contributed by atoms with Gasteiger partial charge in [-0.15, -0.1) is 0 Å². The standard InChI is InChI=1S/C16H24N2O2/c1-3-18(11-9-14-7-5-4-6-8-14)16(19)15-13(2)20-12-10-17-15/h4-8,13,15,17H,3,9-12H2,1-2H3/t13-,15+/m1/s1. The molecule has 1 aromatic rings. The van der Waals surface area contributed by atoms with Gasteiger partial charge in [-0.1, -0.05) is 30.3 Å². The lowest BCUT2D eigenvalue weighted by Gasteiger charge is -2.33. The van der Waals surface area contributed by atoms with Gasteiger partial charge in [-0.3, -0.25) is 4.79 Å². The maximum absolute atomic E-state index is 12.5. The number of carbonyl (C=O) groups excluding carboxylic acids is 1. The number of ether oxygens (including phenoxy) is 1. The Kier molecular flexibility index (Phi) is 5.56. The summed E-state index contributed by atoms with van der Waals surface area (Å²) >= 11 is 0. The van der Waals surface area contributed by atoms with Crippen molar-refractivity contribution in [2.45, 2.75) is 32.4 Å². The Morgan fingerprint density at radius 3 is 2.80 bits per heavy atom. The third-order valence-electron chi connectivity index (χ3n) is 3.79. The van der Waals surface area contributed by atoms with E-state index < -0.39 is 0 Å². The van der Waals surface area contributed by atoms with E-state index in [9.17, 15) is 4.79 Å². The Morgan fingerprint density at radius 2 is 2.15 bits per heavy atom. The lowest BCUT2D eigenvalue weighted by Crippen LogP contribution is -2.56. The highest BCUT2D eigenvalue weighted by Crippen LogP contribution is 2.09. The highest BCUT2D eigenvalue weighted by molar-refractivity contribution is 5.82. The van der Waals surface area contributed by atoms with E-state index in [1.165, 1.54) is 5.56 Å². The summed E-state index contributed by atoms with van der Waals surface area (Å²) in [5.74, 6) is 0.149. The summed E-state index contributed by atoms with van der Waals surface area (Å²) in [6.07, 6.45) is 0.838. The van der Waals surface area contributed by atoms with Gasteiger partial charge in [-0.25, -0.2) is 0 Å². The minimum absolute atomic E-state index is 0.0537. The molecule has 0 spiro atoms. The summed E-state index contributed by atoms with van der Waals surface area (Å²) in [5.41, 5.74) is 1.26. The number of morpholine rings is 1. The van der Waals surface area contributed by atoms with E-state index in [2.05, 4.69) is 17.4 Å². The molecule has 1 aliphatic heterocycles. The molecular weight excluding hydrogens is 252 g/mol. The molecule has 1 N–H and O–H groups in total. The van der Waals surface area contributed by atoms with Crippen LogP contribution in [0.3, 0.4) is 0 Å². The van der Waals surface area contributed by atoms with Crippen LogP contribution < -0.4 is 5.32 Å². The molecule has 0 bridgehead atoms. The van der Waals surface area contributed by atoms with Gasteiger partial charge in [0.15, 0.2) is 0 Å². The van der Waals surface area contributed by atoms with Crippen molar-refractivity contribution in [2.24, 2.45) is 0 Å². The minimum Gasteiger partial charge on any atom is -0.375 e. The van der Waals surface area contributed by atoms with Gasteiger partial charge in [-0.2, -0.15) is 0 Å². The number of carbonyl (C=O) groups is 1. The quantitative estimate of drug-likeness (QED) is 0.885. The van der Waals surface area contributed by atoms with Gasteiger partial charge in [0.05, 0.1) is 12.7 Å². The van der Waals surface area contributed by atoms with Crippen LogP contribution in [0.4, 0.5) is 0 Å². The molecule has 110 valence electrons. The predicted molar refractivity (Wildman–Crippen MR) is 79.6 cm³/mol. The first-order valence-electron chi connectivity index (χ1n) is 7.40. The number of likely N-dealkylation sites (N-methyl/N-ethyl adjacent to an activating group) is 1. The van der Waals surface area contributed by atoms with Gasteiger partial charge >= 0.3 is 0 Å². The van der Waals surface area contributed by atoms with E-state index in [1.54, 1.807) is 0 Å². The van der Waals surface area contributed by atoms with Crippen LogP contribution in [0.2, 0.25) is 0 Å². The summed E-state index contributed by atoms with van der Waals surface area (Å²) in [5, 5.41) is 3.27. The van der Waals surface area contributed by atoms with Gasteiger partial charge < -0.3 is 15.0 Å². The normalized spacial score (nSPS) is 22.5. The fourth-order valence-electron chi connectivity index (χ4n) is 2.54. The van der Waals surface area contributed by atoms with E-state index >= 15 is 0 Å². The number of nitrogens with one attached hydrogen (secondary N) is 1. The Hall–Kier alpha value is -1.39. The van der Waals surface area contributed by atoms with Gasteiger partial charge in [0, 0.05) is 19.6 Å². The molecule has 1 fully saturated rings. The Labute approximate surface area is 121 Å². The molecule has 1 aromatic carbocycles. The number of benzene rings is 1. The van der Waals surface area contributed by atoms with Crippen molar-refractivity contribution in [1.82, 2.24) is 10.2 Å². The van der Waals surface area contributed by atoms with Gasteiger partial charge in [0.2, 0.25) is 5.91 Å². The van der Waals surface area contributed by atoms with Crippen LogP contribution in [0.25, 0.3) is 0 Å². The van der Waals surface area contributed by atoms with E-state index in [0.29, 0.717) is 6.61 Å². The van der Waals surface area contributed by atoms with Crippen molar-refractivity contribution in [3.63, 3.8) is 0 Å². The van der Waals surface area contributed by atoms with E-state index in [4.69, 9.17) is 4.74 Å². The minimum atomic E-state index is -0.209. The van der Waals surface area contributed by atoms with Crippen molar-refractivity contribution >= 4 is 5.91 Å². The molecule has 0 unspecified atom stereocenters. The molecular formula is C16H24N2O2. The molecule has 1 saturated heterocycles. The first kappa shape index (κ1) is 15.0. The fourth-order valence-corrected chi connectivity index (χ4v) is 2.54. The zero-order valence-corrected chi connectivity index (χ0v) is 12.3. The monoisotopic (exact) mass is 276 g/mol. The Bertz CT molecular complexity index is 422. The molecule has 1 heterocycles. The number of hydrogen-bond donors (Lipinski definition) is 1. The van der Waals surface area contributed by atoms with Crippen LogP contribution >= 0.6 is 0 Å². The Balaban J connectivity index is 1.91. The molecule has 2 rings (SSSR count).